The normalized spacial score (nSPS) is 16.0. The fourth-order valence-electron chi connectivity index (χ4n) is 3.97. The summed E-state index contributed by atoms with van der Waals surface area (Å²) in [6.45, 7) is 0. The molecule has 0 saturated heterocycles. The van der Waals surface area contributed by atoms with E-state index in [1.807, 2.05) is 19.3 Å². The first-order valence-corrected chi connectivity index (χ1v) is 8.68. The predicted molar refractivity (Wildman–Crippen MR) is 101 cm³/mol. The largest absolute Gasteiger partial charge is 0.493 e. The smallest absolute Gasteiger partial charge is 0.203 e. The molecule has 5 nitrogen and oxygen atoms in total. The SMILES string of the molecule is COc1cc2c(c(OC)c1OC)-c1cc3ccn(C)c3cc1C(O)CC2. The lowest BCUT2D eigenvalue weighted by Crippen LogP contribution is -2.01. The molecule has 136 valence electrons. The quantitative estimate of drug-likeness (QED) is 0.777. The van der Waals surface area contributed by atoms with Crippen LogP contribution >= 0.6 is 0 Å². The van der Waals surface area contributed by atoms with Crippen LogP contribution in [0.15, 0.2) is 30.5 Å². The predicted octanol–water partition coefficient (Wildman–Crippen LogP) is 3.85. The zero-order valence-electron chi connectivity index (χ0n) is 15.5. The van der Waals surface area contributed by atoms with Crippen LogP contribution in [0.25, 0.3) is 22.0 Å². The molecule has 0 aliphatic heterocycles. The van der Waals surface area contributed by atoms with Gasteiger partial charge in [-0.05, 0) is 53.8 Å². The molecular formula is C21H23NO4. The van der Waals surface area contributed by atoms with Crippen molar-refractivity contribution in [2.24, 2.45) is 7.05 Å². The van der Waals surface area contributed by atoms with Gasteiger partial charge < -0.3 is 23.9 Å². The van der Waals surface area contributed by atoms with Crippen LogP contribution in [0, 0.1) is 0 Å². The van der Waals surface area contributed by atoms with E-state index in [2.05, 4.69) is 22.8 Å². The van der Waals surface area contributed by atoms with Crippen molar-refractivity contribution in [1.29, 1.82) is 0 Å². The maximum Gasteiger partial charge on any atom is 0.203 e. The van der Waals surface area contributed by atoms with Gasteiger partial charge in [0.05, 0.1) is 27.4 Å². The van der Waals surface area contributed by atoms with Gasteiger partial charge in [0.1, 0.15) is 0 Å². The summed E-state index contributed by atoms with van der Waals surface area (Å²) in [6, 6.07) is 8.29. The monoisotopic (exact) mass is 353 g/mol. The molecule has 26 heavy (non-hydrogen) atoms. The van der Waals surface area contributed by atoms with Crippen LogP contribution in [-0.2, 0) is 13.5 Å². The highest BCUT2D eigenvalue weighted by Gasteiger charge is 2.28. The van der Waals surface area contributed by atoms with Gasteiger partial charge in [-0.2, -0.15) is 0 Å². The van der Waals surface area contributed by atoms with Crippen LogP contribution in [-0.4, -0.2) is 31.0 Å². The third kappa shape index (κ3) is 2.35. The van der Waals surface area contributed by atoms with Crippen molar-refractivity contribution >= 4 is 10.9 Å². The molecule has 0 saturated carbocycles. The third-order valence-corrected chi connectivity index (χ3v) is 5.28. The summed E-state index contributed by atoms with van der Waals surface area (Å²) in [4.78, 5) is 0. The number of ether oxygens (including phenoxy) is 3. The molecule has 2 aromatic carbocycles. The summed E-state index contributed by atoms with van der Waals surface area (Å²) >= 11 is 0. The van der Waals surface area contributed by atoms with Crippen LogP contribution in [0.3, 0.4) is 0 Å². The molecule has 5 heteroatoms. The standard InChI is InChI=1S/C21H23NO4/c1-22-8-7-12-9-15-14(11-16(12)22)17(23)6-5-13-10-18(24-2)20(25-3)21(26-4)19(13)15/h7-11,17,23H,5-6H2,1-4H3. The number of aryl methyl sites for hydroxylation is 2. The van der Waals surface area contributed by atoms with Gasteiger partial charge in [0, 0.05) is 29.7 Å². The van der Waals surface area contributed by atoms with Crippen LogP contribution in [0.5, 0.6) is 17.2 Å². The molecule has 1 aliphatic rings. The van der Waals surface area contributed by atoms with E-state index in [0.717, 1.165) is 39.6 Å². The number of hydrogen-bond acceptors (Lipinski definition) is 4. The summed E-state index contributed by atoms with van der Waals surface area (Å²) in [7, 11) is 6.89. The van der Waals surface area contributed by atoms with Gasteiger partial charge in [-0.3, -0.25) is 0 Å². The van der Waals surface area contributed by atoms with Crippen molar-refractivity contribution in [3.8, 4) is 28.4 Å². The first-order valence-electron chi connectivity index (χ1n) is 8.68. The molecule has 1 aliphatic carbocycles. The van der Waals surface area contributed by atoms with Crippen molar-refractivity contribution in [2.45, 2.75) is 18.9 Å². The van der Waals surface area contributed by atoms with E-state index in [1.54, 1.807) is 21.3 Å². The second kappa shape index (κ2) is 6.25. The third-order valence-electron chi connectivity index (χ3n) is 5.28. The maximum absolute atomic E-state index is 10.8. The molecule has 1 aromatic heterocycles. The molecule has 1 heterocycles. The van der Waals surface area contributed by atoms with Gasteiger partial charge in [0.2, 0.25) is 5.75 Å². The summed E-state index contributed by atoms with van der Waals surface area (Å²) < 4.78 is 18.9. The Balaban J connectivity index is 2.10. The Morgan fingerprint density at radius 1 is 1.04 bits per heavy atom. The number of benzene rings is 2. The summed E-state index contributed by atoms with van der Waals surface area (Å²) in [6.07, 6.45) is 2.88. The highest BCUT2D eigenvalue weighted by molar-refractivity contribution is 5.91. The summed E-state index contributed by atoms with van der Waals surface area (Å²) in [5.74, 6) is 1.86. The van der Waals surface area contributed by atoms with Crippen molar-refractivity contribution in [3.05, 3.63) is 41.6 Å². The van der Waals surface area contributed by atoms with Gasteiger partial charge in [-0.15, -0.1) is 0 Å². The molecular weight excluding hydrogens is 330 g/mol. The number of methoxy groups -OCH3 is 3. The number of nitrogens with zero attached hydrogens (tertiary/aromatic N) is 1. The number of hydrogen-bond donors (Lipinski definition) is 1. The van der Waals surface area contributed by atoms with Gasteiger partial charge in [0.25, 0.3) is 0 Å². The first kappa shape index (κ1) is 16.8. The van der Waals surface area contributed by atoms with E-state index in [4.69, 9.17) is 14.2 Å². The molecule has 3 aromatic rings. The second-order valence-electron chi connectivity index (χ2n) is 6.66. The van der Waals surface area contributed by atoms with Crippen LogP contribution < -0.4 is 14.2 Å². The molecule has 0 radical (unpaired) electrons. The minimum absolute atomic E-state index is 0.529. The molecule has 0 bridgehead atoms. The van der Waals surface area contributed by atoms with Crippen LogP contribution in [0.1, 0.15) is 23.7 Å². The van der Waals surface area contributed by atoms with Crippen molar-refractivity contribution in [3.63, 3.8) is 0 Å². The average Bonchev–Trinajstić information content (AvgIpc) is 2.96. The van der Waals surface area contributed by atoms with E-state index in [0.29, 0.717) is 23.7 Å². The number of aliphatic hydroxyl groups excluding tert-OH is 1. The van der Waals surface area contributed by atoms with E-state index >= 15 is 0 Å². The zero-order chi connectivity index (χ0) is 18.4. The Labute approximate surface area is 152 Å². The Bertz CT molecular complexity index is 990. The fraction of sp³-hybridized carbons (Fsp3) is 0.333. The van der Waals surface area contributed by atoms with Crippen LogP contribution in [0.4, 0.5) is 0 Å². The Morgan fingerprint density at radius 2 is 1.81 bits per heavy atom. The zero-order valence-corrected chi connectivity index (χ0v) is 15.5. The Kier molecular flexibility index (Phi) is 4.04. The van der Waals surface area contributed by atoms with E-state index in [-0.39, 0.29) is 0 Å². The lowest BCUT2D eigenvalue weighted by molar-refractivity contribution is 0.169. The number of aromatic nitrogens is 1. The second-order valence-corrected chi connectivity index (χ2v) is 6.66. The first-order chi connectivity index (χ1) is 12.6. The van der Waals surface area contributed by atoms with Gasteiger partial charge in [0.15, 0.2) is 11.5 Å². The van der Waals surface area contributed by atoms with Gasteiger partial charge in [-0.1, -0.05) is 0 Å². The minimum atomic E-state index is -0.529. The number of rotatable bonds is 3. The molecule has 1 N–H and O–H groups in total. The van der Waals surface area contributed by atoms with Crippen molar-refractivity contribution < 1.29 is 19.3 Å². The van der Waals surface area contributed by atoms with Crippen molar-refractivity contribution in [2.75, 3.05) is 21.3 Å². The molecule has 1 unspecified atom stereocenters. The summed E-state index contributed by atoms with van der Waals surface area (Å²) in [5.41, 5.74) is 5.07. The molecule has 4 rings (SSSR count). The van der Waals surface area contributed by atoms with Crippen LogP contribution in [0.2, 0.25) is 0 Å². The molecule has 0 fully saturated rings. The molecule has 0 amide bonds. The molecule has 1 atom stereocenters. The maximum atomic E-state index is 10.8. The average molecular weight is 353 g/mol. The highest BCUT2D eigenvalue weighted by atomic mass is 16.5. The van der Waals surface area contributed by atoms with E-state index < -0.39 is 6.10 Å². The highest BCUT2D eigenvalue weighted by Crippen LogP contribution is 2.51. The molecule has 0 spiro atoms. The van der Waals surface area contributed by atoms with Crippen molar-refractivity contribution in [1.82, 2.24) is 4.57 Å². The lowest BCUT2D eigenvalue weighted by atomic mass is 9.93. The van der Waals surface area contributed by atoms with E-state index in [9.17, 15) is 5.11 Å². The fourth-order valence-corrected chi connectivity index (χ4v) is 3.97. The lowest BCUT2D eigenvalue weighted by Gasteiger charge is -2.20. The van der Waals surface area contributed by atoms with Gasteiger partial charge >= 0.3 is 0 Å². The topological polar surface area (TPSA) is 52.9 Å². The summed E-state index contributed by atoms with van der Waals surface area (Å²) in [5, 5.41) is 11.9. The number of fused-ring (bicyclic) bond motifs is 4. The van der Waals surface area contributed by atoms with Gasteiger partial charge in [-0.25, -0.2) is 0 Å². The van der Waals surface area contributed by atoms with E-state index in [1.165, 1.54) is 0 Å². The number of aliphatic hydroxyl groups is 1. The Morgan fingerprint density at radius 3 is 2.50 bits per heavy atom. The Hall–Kier alpha value is -2.66. The minimum Gasteiger partial charge on any atom is -0.493 e.